The van der Waals surface area contributed by atoms with Crippen molar-refractivity contribution >= 4 is 5.97 Å². The number of allylic oxidation sites excluding steroid dienone is 1. The quantitative estimate of drug-likeness (QED) is 0.258. The fourth-order valence-corrected chi connectivity index (χ4v) is 3.73. The smallest absolute Gasteiger partial charge is 0.337 e. The Balaban J connectivity index is 1.80. The molecule has 0 unspecified atom stereocenters. The largest absolute Gasteiger partial charge is 0.471 e. The Morgan fingerprint density at radius 2 is 1.93 bits per heavy atom. The van der Waals surface area contributed by atoms with E-state index in [0.29, 0.717) is 17.6 Å². The molecule has 5 N–H and O–H groups in total. The average molecular weight is 388 g/mol. The van der Waals surface area contributed by atoms with Crippen LogP contribution in [0.25, 0.3) is 0 Å². The molecule has 2 aliphatic heterocycles. The summed E-state index contributed by atoms with van der Waals surface area (Å²) in [5.41, 5.74) is 0.903. The third kappa shape index (κ3) is 3.61. The summed E-state index contributed by atoms with van der Waals surface area (Å²) in [5, 5.41) is 48.8. The molecule has 1 saturated heterocycles. The van der Waals surface area contributed by atoms with Crippen LogP contribution in [0.1, 0.15) is 6.42 Å². The Hall–Kier alpha value is -1.53. The van der Waals surface area contributed by atoms with Crippen molar-refractivity contribution in [2.24, 2.45) is 11.8 Å². The SMILES string of the molecule is COC(=O)C1=CO[C@@H](O[C@@H]2O[C@@H](CO)[C@H](O)[C@@H](O)[C@@H]2O)[C@@H]2C(CO)=CC[C@H]12. The van der Waals surface area contributed by atoms with Crippen LogP contribution >= 0.6 is 0 Å². The van der Waals surface area contributed by atoms with Gasteiger partial charge in [-0.25, -0.2) is 4.79 Å². The summed E-state index contributed by atoms with van der Waals surface area (Å²) < 4.78 is 21.3. The van der Waals surface area contributed by atoms with Crippen LogP contribution < -0.4 is 0 Å². The number of carbonyl (C=O) groups excluding carboxylic acids is 1. The van der Waals surface area contributed by atoms with Gasteiger partial charge in [0.2, 0.25) is 6.29 Å². The molecular weight excluding hydrogens is 364 g/mol. The highest BCUT2D eigenvalue weighted by Gasteiger charge is 2.49. The van der Waals surface area contributed by atoms with Crippen molar-refractivity contribution in [1.82, 2.24) is 0 Å². The van der Waals surface area contributed by atoms with Gasteiger partial charge >= 0.3 is 5.97 Å². The van der Waals surface area contributed by atoms with Crippen LogP contribution in [-0.4, -0.2) is 88.8 Å². The number of aliphatic hydroxyl groups is 5. The lowest BCUT2D eigenvalue weighted by molar-refractivity contribution is -0.339. The molecule has 1 aliphatic carbocycles. The van der Waals surface area contributed by atoms with E-state index in [9.17, 15) is 30.3 Å². The summed E-state index contributed by atoms with van der Waals surface area (Å²) in [7, 11) is 1.25. The molecule has 0 radical (unpaired) electrons. The molecule has 27 heavy (non-hydrogen) atoms. The van der Waals surface area contributed by atoms with Crippen LogP contribution in [0.3, 0.4) is 0 Å². The Kier molecular flexibility index (Phi) is 6.16. The van der Waals surface area contributed by atoms with Gasteiger partial charge in [-0.3, -0.25) is 0 Å². The van der Waals surface area contributed by atoms with Gasteiger partial charge in [0.05, 0.1) is 38.1 Å². The number of ether oxygens (including phenoxy) is 4. The lowest BCUT2D eigenvalue weighted by Gasteiger charge is -2.42. The van der Waals surface area contributed by atoms with Crippen molar-refractivity contribution < 1.29 is 49.3 Å². The molecule has 2 heterocycles. The van der Waals surface area contributed by atoms with Crippen LogP contribution in [0.4, 0.5) is 0 Å². The van der Waals surface area contributed by atoms with Crippen LogP contribution in [0.5, 0.6) is 0 Å². The van der Waals surface area contributed by atoms with E-state index in [2.05, 4.69) is 0 Å². The minimum absolute atomic E-state index is 0.270. The number of rotatable bonds is 5. The molecule has 0 bridgehead atoms. The Bertz CT molecular complexity index is 615. The first-order valence-corrected chi connectivity index (χ1v) is 8.62. The Labute approximate surface area is 155 Å². The highest BCUT2D eigenvalue weighted by Crippen LogP contribution is 2.44. The van der Waals surface area contributed by atoms with E-state index in [1.807, 2.05) is 0 Å². The zero-order valence-electron chi connectivity index (χ0n) is 14.7. The molecule has 152 valence electrons. The first-order chi connectivity index (χ1) is 12.9. The van der Waals surface area contributed by atoms with Crippen molar-refractivity contribution in [3.8, 4) is 0 Å². The Morgan fingerprint density at radius 3 is 2.56 bits per heavy atom. The molecular formula is C17H24O10. The first kappa shape index (κ1) is 20.2. The van der Waals surface area contributed by atoms with Gasteiger partial charge in [0, 0.05) is 5.92 Å². The molecule has 0 spiro atoms. The van der Waals surface area contributed by atoms with E-state index < -0.39 is 55.5 Å². The highest BCUT2D eigenvalue weighted by atomic mass is 16.8. The number of fused-ring (bicyclic) bond motifs is 1. The van der Waals surface area contributed by atoms with E-state index in [0.717, 1.165) is 0 Å². The van der Waals surface area contributed by atoms with Crippen molar-refractivity contribution in [2.45, 2.75) is 43.4 Å². The van der Waals surface area contributed by atoms with Crippen LogP contribution in [0.2, 0.25) is 0 Å². The number of methoxy groups -OCH3 is 1. The maximum atomic E-state index is 12.0. The van der Waals surface area contributed by atoms with E-state index >= 15 is 0 Å². The molecule has 10 heteroatoms. The summed E-state index contributed by atoms with van der Waals surface area (Å²) in [6.07, 6.45) is -4.73. The minimum atomic E-state index is -1.59. The van der Waals surface area contributed by atoms with Gasteiger partial charge in [0.15, 0.2) is 6.29 Å². The second-order valence-electron chi connectivity index (χ2n) is 6.71. The summed E-state index contributed by atoms with van der Waals surface area (Å²) in [4.78, 5) is 12.0. The number of hydrogen-bond acceptors (Lipinski definition) is 10. The summed E-state index contributed by atoms with van der Waals surface area (Å²) in [6, 6.07) is 0. The zero-order chi connectivity index (χ0) is 19.7. The molecule has 3 aliphatic rings. The first-order valence-electron chi connectivity index (χ1n) is 8.62. The molecule has 8 atom stereocenters. The topological polar surface area (TPSA) is 155 Å². The van der Waals surface area contributed by atoms with E-state index in [1.54, 1.807) is 6.08 Å². The normalized spacial score (nSPS) is 41.3. The van der Waals surface area contributed by atoms with Crippen molar-refractivity contribution in [3.63, 3.8) is 0 Å². The van der Waals surface area contributed by atoms with Crippen molar-refractivity contribution in [3.05, 3.63) is 23.5 Å². The standard InChI is InChI=1S/C17H24O10/c1-24-15(23)9-6-25-16(11-7(4-18)2-3-8(9)11)27-17-14(22)13(21)12(20)10(5-19)26-17/h2,6,8,10-14,16-22H,3-5H2,1H3/t8-,10+,11-,12+,13-,14+,16+,17+/m1/s1. The number of hydrogen-bond donors (Lipinski definition) is 5. The predicted octanol–water partition coefficient (Wildman–Crippen LogP) is -2.23. The molecule has 0 saturated carbocycles. The lowest BCUT2D eigenvalue weighted by Crippen LogP contribution is -2.60. The third-order valence-electron chi connectivity index (χ3n) is 5.24. The monoisotopic (exact) mass is 388 g/mol. The van der Waals surface area contributed by atoms with Gasteiger partial charge in [0.25, 0.3) is 0 Å². The molecule has 0 amide bonds. The number of aliphatic hydroxyl groups excluding tert-OH is 5. The summed E-state index contributed by atoms with van der Waals surface area (Å²) >= 11 is 0. The average Bonchev–Trinajstić information content (AvgIpc) is 3.12. The molecule has 0 aromatic carbocycles. The summed E-state index contributed by atoms with van der Waals surface area (Å²) in [5.74, 6) is -1.42. The minimum Gasteiger partial charge on any atom is -0.471 e. The zero-order valence-corrected chi connectivity index (χ0v) is 14.7. The molecule has 0 aromatic heterocycles. The van der Waals surface area contributed by atoms with E-state index in [4.69, 9.17) is 18.9 Å². The maximum Gasteiger partial charge on any atom is 0.337 e. The predicted molar refractivity (Wildman–Crippen MR) is 86.6 cm³/mol. The van der Waals surface area contributed by atoms with Gasteiger partial charge < -0.3 is 44.5 Å². The molecule has 3 rings (SSSR count). The maximum absolute atomic E-state index is 12.0. The van der Waals surface area contributed by atoms with E-state index in [1.165, 1.54) is 13.4 Å². The second kappa shape index (κ2) is 8.23. The molecule has 10 nitrogen and oxygen atoms in total. The van der Waals surface area contributed by atoms with Gasteiger partial charge in [-0.15, -0.1) is 0 Å². The van der Waals surface area contributed by atoms with Crippen LogP contribution in [0, 0.1) is 11.8 Å². The lowest BCUT2D eigenvalue weighted by atomic mass is 9.83. The highest BCUT2D eigenvalue weighted by molar-refractivity contribution is 5.89. The number of carbonyl (C=O) groups is 1. The fourth-order valence-electron chi connectivity index (χ4n) is 3.73. The van der Waals surface area contributed by atoms with Gasteiger partial charge in [-0.2, -0.15) is 0 Å². The number of esters is 1. The van der Waals surface area contributed by atoms with Crippen molar-refractivity contribution in [2.75, 3.05) is 20.3 Å². The second-order valence-corrected chi connectivity index (χ2v) is 6.71. The van der Waals surface area contributed by atoms with Gasteiger partial charge in [-0.1, -0.05) is 6.08 Å². The van der Waals surface area contributed by atoms with Gasteiger partial charge in [0.1, 0.15) is 24.4 Å². The molecule has 0 aromatic rings. The van der Waals surface area contributed by atoms with Crippen LogP contribution in [0.15, 0.2) is 23.5 Å². The molecule has 1 fully saturated rings. The fraction of sp³-hybridized carbons (Fsp3) is 0.706. The van der Waals surface area contributed by atoms with Crippen molar-refractivity contribution in [1.29, 1.82) is 0 Å². The summed E-state index contributed by atoms with van der Waals surface area (Å²) in [6.45, 7) is -0.857. The Morgan fingerprint density at radius 1 is 1.19 bits per heavy atom. The van der Waals surface area contributed by atoms with E-state index in [-0.39, 0.29) is 12.5 Å². The van der Waals surface area contributed by atoms with Crippen LogP contribution in [-0.2, 0) is 23.7 Å². The third-order valence-corrected chi connectivity index (χ3v) is 5.24. The van der Waals surface area contributed by atoms with Gasteiger partial charge in [-0.05, 0) is 12.0 Å².